The van der Waals surface area contributed by atoms with Crippen molar-refractivity contribution >= 4 is 6.03 Å². The summed E-state index contributed by atoms with van der Waals surface area (Å²) < 4.78 is 0. The smallest absolute Gasteiger partial charge is 0.314 e. The number of nitrogens with zero attached hydrogens (tertiary/aromatic N) is 1. The van der Waals surface area contributed by atoms with Gasteiger partial charge in [0, 0.05) is 13.1 Å². The molecule has 0 heterocycles. The molecule has 0 aliphatic rings. The van der Waals surface area contributed by atoms with E-state index in [0.29, 0.717) is 13.1 Å². The minimum atomic E-state index is -0.112. The lowest BCUT2D eigenvalue weighted by Gasteiger charge is -2.25. The molecule has 1 atom stereocenters. The average Bonchev–Trinajstić information content (AvgIpc) is 2.39. The highest BCUT2D eigenvalue weighted by Gasteiger charge is 2.14. The minimum Gasteiger partial charge on any atom is -0.338 e. The third-order valence-corrected chi connectivity index (χ3v) is 3.19. The molecule has 2 amide bonds. The van der Waals surface area contributed by atoms with Crippen LogP contribution in [0.4, 0.5) is 4.79 Å². The van der Waals surface area contributed by atoms with Gasteiger partial charge in [0.15, 0.2) is 0 Å². The van der Waals surface area contributed by atoms with Gasteiger partial charge in [-0.15, -0.1) is 0 Å². The fourth-order valence-electron chi connectivity index (χ4n) is 1.99. The summed E-state index contributed by atoms with van der Waals surface area (Å²) in [5.74, 6) is 0. The number of urea groups is 1. The highest BCUT2D eigenvalue weighted by molar-refractivity contribution is 5.73. The highest BCUT2D eigenvalue weighted by atomic mass is 16.2. The van der Waals surface area contributed by atoms with Crippen LogP contribution in [0.3, 0.4) is 0 Å². The predicted octanol–water partition coefficient (Wildman–Crippen LogP) is 2.17. The zero-order valence-corrected chi connectivity index (χ0v) is 12.4. The molecule has 0 spiro atoms. The van der Waals surface area contributed by atoms with Crippen LogP contribution < -0.4 is 10.6 Å². The Balaban J connectivity index is 2.68. The van der Waals surface area contributed by atoms with Crippen molar-refractivity contribution in [2.75, 3.05) is 27.2 Å². The molecule has 0 bridgehead atoms. The number of likely N-dealkylation sites (N-methyl/N-ethyl adjacent to an activating group) is 1. The van der Waals surface area contributed by atoms with E-state index in [1.807, 2.05) is 21.0 Å². The number of nitrogens with one attached hydrogen (secondary N) is 2. The van der Waals surface area contributed by atoms with Crippen LogP contribution >= 0.6 is 0 Å². The van der Waals surface area contributed by atoms with Crippen molar-refractivity contribution in [1.29, 1.82) is 0 Å². The molecule has 4 nitrogen and oxygen atoms in total. The molecule has 0 aliphatic heterocycles. The molecule has 1 rings (SSSR count). The minimum absolute atomic E-state index is 0.112. The lowest BCUT2D eigenvalue weighted by Crippen LogP contribution is -2.40. The predicted molar refractivity (Wildman–Crippen MR) is 79.3 cm³/mol. The molecule has 2 N–H and O–H groups in total. The van der Waals surface area contributed by atoms with Crippen molar-refractivity contribution in [3.63, 3.8) is 0 Å². The largest absolute Gasteiger partial charge is 0.338 e. The fraction of sp³-hybridized carbons (Fsp3) is 0.533. The van der Waals surface area contributed by atoms with E-state index in [0.717, 1.165) is 6.42 Å². The Morgan fingerprint density at radius 3 is 2.26 bits per heavy atom. The molecule has 1 aromatic rings. The number of carbonyl (C=O) groups excluding carboxylic acids is 1. The van der Waals surface area contributed by atoms with Gasteiger partial charge in [0.2, 0.25) is 0 Å². The van der Waals surface area contributed by atoms with E-state index in [-0.39, 0.29) is 12.1 Å². The number of rotatable bonds is 6. The van der Waals surface area contributed by atoms with Crippen LogP contribution in [0.1, 0.15) is 31.0 Å². The van der Waals surface area contributed by atoms with Gasteiger partial charge >= 0.3 is 6.03 Å². The summed E-state index contributed by atoms with van der Waals surface area (Å²) in [6.07, 6.45) is 1.05. The maximum atomic E-state index is 11.5. The molecule has 4 heteroatoms. The Morgan fingerprint density at radius 2 is 1.79 bits per heavy atom. The van der Waals surface area contributed by atoms with Crippen LogP contribution in [0.5, 0.6) is 0 Å². The molecule has 1 aromatic carbocycles. The monoisotopic (exact) mass is 263 g/mol. The number of hydrogen-bond acceptors (Lipinski definition) is 2. The van der Waals surface area contributed by atoms with E-state index in [1.54, 1.807) is 0 Å². The third kappa shape index (κ3) is 4.91. The summed E-state index contributed by atoms with van der Waals surface area (Å²) in [6, 6.07) is 8.66. The number of benzene rings is 1. The third-order valence-electron chi connectivity index (χ3n) is 3.19. The van der Waals surface area contributed by atoms with Gasteiger partial charge in [-0.05, 0) is 38.6 Å². The quantitative estimate of drug-likeness (QED) is 0.826. The molecule has 0 radical (unpaired) electrons. The summed E-state index contributed by atoms with van der Waals surface area (Å²) in [7, 11) is 4.05. The molecule has 0 fully saturated rings. The summed E-state index contributed by atoms with van der Waals surface area (Å²) in [4.78, 5) is 13.6. The SMILES string of the molecule is CCNC(=O)NC[C@H](c1ccc(CC)cc1)N(C)C. The summed E-state index contributed by atoms with van der Waals surface area (Å²) in [6.45, 7) is 5.30. The zero-order valence-electron chi connectivity index (χ0n) is 12.4. The number of amides is 2. The second-order valence-corrected chi connectivity index (χ2v) is 4.81. The zero-order chi connectivity index (χ0) is 14.3. The van der Waals surface area contributed by atoms with Crippen LogP contribution in [0.25, 0.3) is 0 Å². The van der Waals surface area contributed by atoms with Crippen molar-refractivity contribution in [3.8, 4) is 0 Å². The summed E-state index contributed by atoms with van der Waals surface area (Å²) in [5, 5.41) is 5.64. The van der Waals surface area contributed by atoms with Crippen LogP contribution in [0, 0.1) is 0 Å². The van der Waals surface area contributed by atoms with Gasteiger partial charge in [-0.25, -0.2) is 4.79 Å². The Morgan fingerprint density at radius 1 is 1.16 bits per heavy atom. The molecule has 0 aliphatic carbocycles. The first-order valence-electron chi connectivity index (χ1n) is 6.85. The van der Waals surface area contributed by atoms with E-state index in [2.05, 4.69) is 46.7 Å². The second-order valence-electron chi connectivity index (χ2n) is 4.81. The lowest BCUT2D eigenvalue weighted by molar-refractivity contribution is 0.233. The van der Waals surface area contributed by atoms with Crippen molar-refractivity contribution in [2.24, 2.45) is 0 Å². The van der Waals surface area contributed by atoms with Gasteiger partial charge in [-0.3, -0.25) is 0 Å². The van der Waals surface area contributed by atoms with Crippen LogP contribution in [-0.4, -0.2) is 38.1 Å². The normalized spacial score (nSPS) is 12.3. The Labute approximate surface area is 116 Å². The number of aryl methyl sites for hydroxylation is 1. The molecular weight excluding hydrogens is 238 g/mol. The lowest BCUT2D eigenvalue weighted by atomic mass is 10.0. The molecule has 0 aromatic heterocycles. The average molecular weight is 263 g/mol. The van der Waals surface area contributed by atoms with Gasteiger partial charge in [-0.2, -0.15) is 0 Å². The molecule has 0 unspecified atom stereocenters. The topological polar surface area (TPSA) is 44.4 Å². The van der Waals surface area contributed by atoms with Gasteiger partial charge in [0.25, 0.3) is 0 Å². The van der Waals surface area contributed by atoms with Crippen molar-refractivity contribution in [3.05, 3.63) is 35.4 Å². The van der Waals surface area contributed by atoms with E-state index in [4.69, 9.17) is 0 Å². The van der Waals surface area contributed by atoms with Gasteiger partial charge in [0.05, 0.1) is 6.04 Å². The van der Waals surface area contributed by atoms with E-state index >= 15 is 0 Å². The van der Waals surface area contributed by atoms with Crippen molar-refractivity contribution in [2.45, 2.75) is 26.3 Å². The molecular formula is C15H25N3O. The number of hydrogen-bond donors (Lipinski definition) is 2. The standard InChI is InChI=1S/C15H25N3O/c1-5-12-7-9-13(10-8-12)14(18(3)4)11-17-15(19)16-6-2/h7-10,14H,5-6,11H2,1-4H3,(H2,16,17,19)/t14-/m1/s1. The van der Waals surface area contributed by atoms with Gasteiger partial charge in [-0.1, -0.05) is 31.2 Å². The van der Waals surface area contributed by atoms with E-state index in [9.17, 15) is 4.79 Å². The van der Waals surface area contributed by atoms with Crippen molar-refractivity contribution in [1.82, 2.24) is 15.5 Å². The van der Waals surface area contributed by atoms with Gasteiger partial charge < -0.3 is 15.5 Å². The van der Waals surface area contributed by atoms with E-state index < -0.39 is 0 Å². The Kier molecular flexibility index (Phi) is 6.36. The molecule has 19 heavy (non-hydrogen) atoms. The van der Waals surface area contributed by atoms with Crippen LogP contribution in [0.15, 0.2) is 24.3 Å². The summed E-state index contributed by atoms with van der Waals surface area (Å²) in [5.41, 5.74) is 2.55. The number of carbonyl (C=O) groups is 1. The first kappa shape index (κ1) is 15.5. The molecule has 0 saturated heterocycles. The highest BCUT2D eigenvalue weighted by Crippen LogP contribution is 2.18. The Bertz CT molecular complexity index is 387. The molecule has 106 valence electrons. The second kappa shape index (κ2) is 7.79. The maximum absolute atomic E-state index is 11.5. The Hall–Kier alpha value is -1.55. The fourth-order valence-corrected chi connectivity index (χ4v) is 1.99. The maximum Gasteiger partial charge on any atom is 0.314 e. The van der Waals surface area contributed by atoms with Crippen LogP contribution in [-0.2, 0) is 6.42 Å². The van der Waals surface area contributed by atoms with Crippen molar-refractivity contribution < 1.29 is 4.79 Å². The summed E-state index contributed by atoms with van der Waals surface area (Å²) >= 11 is 0. The first-order chi connectivity index (χ1) is 9.08. The van der Waals surface area contributed by atoms with E-state index in [1.165, 1.54) is 11.1 Å². The van der Waals surface area contributed by atoms with Gasteiger partial charge in [0.1, 0.15) is 0 Å². The van der Waals surface area contributed by atoms with Crippen LogP contribution in [0.2, 0.25) is 0 Å². The first-order valence-corrected chi connectivity index (χ1v) is 6.85. The molecule has 0 saturated carbocycles.